The summed E-state index contributed by atoms with van der Waals surface area (Å²) in [6, 6.07) is 157. The summed E-state index contributed by atoms with van der Waals surface area (Å²) in [5, 5.41) is 12.0. The number of hydrogen-bond acceptors (Lipinski definition) is 2. The molecule has 26 rings (SSSR count). The van der Waals surface area contributed by atoms with Crippen LogP contribution in [0, 0.1) is 6.57 Å². The summed E-state index contributed by atoms with van der Waals surface area (Å²) < 4.78 is 7.42. The smallest absolute Gasteiger partial charge is 0.252 e. The maximum atomic E-state index is 8.33. The lowest BCUT2D eigenvalue weighted by atomic mass is 9.33. The molecule has 7 heterocycles. The molecular weight excluding hydrogens is 1480 g/mol. The van der Waals surface area contributed by atoms with Crippen LogP contribution < -0.4 is 26.2 Å². The monoisotopic (exact) mass is 1540 g/mol. The van der Waals surface area contributed by atoms with Gasteiger partial charge in [-0.2, -0.15) is 0 Å². The third-order valence-electron chi connectivity index (χ3n) is 26.4. The highest BCUT2D eigenvalue weighted by atomic mass is 15.2. The Hall–Kier alpha value is -16.3. The Morgan fingerprint density at radius 2 is 0.541 bits per heavy atom. The summed E-state index contributed by atoms with van der Waals surface area (Å²) >= 11 is 0. The molecular formula is C115H69BN6. The van der Waals surface area contributed by atoms with Crippen LogP contribution in [0.1, 0.15) is 0 Å². The second-order valence-electron chi connectivity index (χ2n) is 32.8. The molecule has 19 aromatic carbocycles. The van der Waals surface area contributed by atoms with Crippen molar-refractivity contribution in [3.8, 4) is 94.7 Å². The normalized spacial score (nSPS) is 12.5. The maximum Gasteiger partial charge on any atom is 0.252 e. The van der Waals surface area contributed by atoms with Crippen molar-refractivity contribution in [2.75, 3.05) is 9.80 Å². The largest absolute Gasteiger partial charge is 0.310 e. The molecule has 7 heteroatoms. The quantitative estimate of drug-likeness (QED) is 0.0952. The van der Waals surface area contributed by atoms with Crippen molar-refractivity contribution in [2.24, 2.45) is 0 Å². The molecule has 0 radical (unpaired) electrons. The van der Waals surface area contributed by atoms with E-state index in [1.165, 1.54) is 87.1 Å². The Labute approximate surface area is 704 Å². The fourth-order valence-corrected chi connectivity index (χ4v) is 21.2. The van der Waals surface area contributed by atoms with E-state index in [1.807, 2.05) is 6.07 Å². The lowest BCUT2D eigenvalue weighted by Crippen LogP contribution is -2.61. The predicted molar refractivity (Wildman–Crippen MR) is 514 cm³/mol. The zero-order valence-electron chi connectivity index (χ0n) is 66.1. The molecule has 0 atom stereocenters. The van der Waals surface area contributed by atoms with Gasteiger partial charge in [0.15, 0.2) is 5.69 Å². The minimum absolute atomic E-state index is 0.358. The Kier molecular flexibility index (Phi) is 14.7. The molecule has 0 saturated heterocycles. The van der Waals surface area contributed by atoms with Gasteiger partial charge >= 0.3 is 0 Å². The van der Waals surface area contributed by atoms with Crippen molar-refractivity contribution in [3.05, 3.63) is 430 Å². The molecule has 0 amide bonds. The lowest BCUT2D eigenvalue weighted by molar-refractivity contribution is 1.17. The molecule has 0 unspecified atom stereocenters. The summed E-state index contributed by atoms with van der Waals surface area (Å²) in [5.41, 5.74) is 38.5. The first kappa shape index (κ1) is 67.9. The zero-order chi connectivity index (χ0) is 79.9. The van der Waals surface area contributed by atoms with Crippen LogP contribution in [0.5, 0.6) is 0 Å². The van der Waals surface area contributed by atoms with E-state index in [2.05, 4.69) is 441 Å². The van der Waals surface area contributed by atoms with E-state index in [1.54, 1.807) is 0 Å². The fourth-order valence-electron chi connectivity index (χ4n) is 21.2. The molecule has 2 aliphatic rings. The van der Waals surface area contributed by atoms with E-state index in [9.17, 15) is 0 Å². The van der Waals surface area contributed by atoms with Crippen molar-refractivity contribution < 1.29 is 0 Å². The molecule has 122 heavy (non-hydrogen) atoms. The van der Waals surface area contributed by atoms with Gasteiger partial charge in [0.2, 0.25) is 0 Å². The third kappa shape index (κ3) is 9.95. The van der Waals surface area contributed by atoms with Crippen LogP contribution in [0.4, 0.5) is 39.8 Å². The van der Waals surface area contributed by atoms with Crippen molar-refractivity contribution in [1.29, 1.82) is 0 Å². The zero-order valence-corrected chi connectivity index (χ0v) is 66.1. The van der Waals surface area contributed by atoms with Crippen LogP contribution in [0.3, 0.4) is 0 Å². The van der Waals surface area contributed by atoms with E-state index in [-0.39, 0.29) is 6.71 Å². The number of fused-ring (bicyclic) bond motifs is 19. The highest BCUT2D eigenvalue weighted by Gasteiger charge is 2.46. The van der Waals surface area contributed by atoms with Crippen molar-refractivity contribution in [3.63, 3.8) is 0 Å². The van der Waals surface area contributed by atoms with Gasteiger partial charge in [-0.3, -0.25) is 0 Å². The summed E-state index contributed by atoms with van der Waals surface area (Å²) in [6.45, 7) is 7.97. The van der Waals surface area contributed by atoms with Gasteiger partial charge in [0.25, 0.3) is 6.71 Å². The average molecular weight is 1550 g/mol. The van der Waals surface area contributed by atoms with Crippen LogP contribution in [0.15, 0.2) is 419 Å². The second-order valence-corrected chi connectivity index (χ2v) is 32.8. The highest BCUT2D eigenvalue weighted by Crippen LogP contribution is 2.57. The third-order valence-corrected chi connectivity index (χ3v) is 26.4. The minimum Gasteiger partial charge on any atom is -0.310 e. The Bertz CT molecular complexity index is 8310. The van der Waals surface area contributed by atoms with E-state index in [4.69, 9.17) is 6.57 Å². The lowest BCUT2D eigenvalue weighted by Gasteiger charge is -2.46. The van der Waals surface area contributed by atoms with E-state index in [0.717, 1.165) is 156 Å². The van der Waals surface area contributed by atoms with Gasteiger partial charge in [-0.15, -0.1) is 0 Å². The number of hydrogen-bond donors (Lipinski definition) is 0. The molecule has 0 bridgehead atoms. The molecule has 5 aromatic heterocycles. The minimum atomic E-state index is -0.358. The van der Waals surface area contributed by atoms with Gasteiger partial charge in [0, 0.05) is 99.2 Å². The number of aromatic nitrogens is 3. The molecule has 0 N–H and O–H groups in total. The number of benzene rings is 19. The van der Waals surface area contributed by atoms with Crippen LogP contribution in [-0.2, 0) is 0 Å². The molecule has 562 valence electrons. The summed E-state index contributed by atoms with van der Waals surface area (Å²) in [7, 11) is 0. The van der Waals surface area contributed by atoms with E-state index >= 15 is 0 Å². The van der Waals surface area contributed by atoms with Gasteiger partial charge < -0.3 is 23.2 Å². The van der Waals surface area contributed by atoms with Crippen molar-refractivity contribution >= 4 is 161 Å². The molecule has 0 saturated carbocycles. The number of anilines is 6. The molecule has 0 spiro atoms. The van der Waals surface area contributed by atoms with Gasteiger partial charge in [-0.05, 0) is 204 Å². The number of rotatable bonds is 11. The molecule has 24 aromatic rings. The first-order valence-corrected chi connectivity index (χ1v) is 42.0. The second kappa shape index (κ2) is 26.4. The molecule has 6 nitrogen and oxygen atoms in total. The highest BCUT2D eigenvalue weighted by molar-refractivity contribution is 7.00. The van der Waals surface area contributed by atoms with Crippen LogP contribution in [0.2, 0.25) is 0 Å². The Morgan fingerprint density at radius 1 is 0.213 bits per heavy atom. The Balaban J connectivity index is 0.849. The fraction of sp³-hybridized carbons (Fsp3) is 0. The molecule has 2 aliphatic heterocycles. The summed E-state index contributed by atoms with van der Waals surface area (Å²) in [5.74, 6) is 0. The average Bonchev–Trinajstić information content (AvgIpc) is 0.797. The molecule has 0 aliphatic carbocycles. The van der Waals surface area contributed by atoms with Crippen LogP contribution in [-0.4, -0.2) is 20.1 Å². The number of para-hydroxylation sites is 5. The number of nitrogens with zero attached hydrogens (tertiary/aromatic N) is 6. The van der Waals surface area contributed by atoms with Crippen LogP contribution >= 0.6 is 0 Å². The summed E-state index contributed by atoms with van der Waals surface area (Å²) in [6.07, 6.45) is 0. The van der Waals surface area contributed by atoms with E-state index in [0.29, 0.717) is 5.69 Å². The first-order chi connectivity index (χ1) is 60.5. The van der Waals surface area contributed by atoms with Gasteiger partial charge in [-0.1, -0.05) is 303 Å². The SMILES string of the molecule is [C-]#[N+]c1ccc2c(c1)c1ccccc1n2-c1ccc2c(c1)N(c1c(-c3ccccc3)cc(-c3ccccc3)cc1-c1ccccc1)c1cc(-c3ccc4c(c3)c3cccc5c6ccccc6n4c53)cc3c1B2c1ccc(-c2cc4c5ccccc5n5c6ccccc6c(c2)c45)cc1N3c1c(-c2ccccc2)cc(-c2ccccc2)cc1-c1ccccc1. The van der Waals surface area contributed by atoms with Crippen LogP contribution in [0.25, 0.3) is 198 Å². The Morgan fingerprint density at radius 3 is 1.03 bits per heavy atom. The standard InChI is InChI=1S/C115H69BN6/c1-117-83-53-58-105-96(69-83)86-42-21-24-47-101(86)118(105)84-54-56-100-108(70-84)122(114-93(75-37-16-6-17-38-75)62-80(72-31-10-3-11-32-72)63-94(114)76-39-18-7-19-40-76)110-68-82(77-52-57-106-95(59-77)90-46-28-45-89-85-41-20-25-48-102(85)120(106)112(89)90)67-109-111(110)116(100)99-55-51-78(81-64-97-87-43-22-26-49-103(87)119-104-50-27-23-44-88(104)98(65-81)115(97)119)66-107(99)121(109)113-91(73-33-12-4-13-34-73)60-79(71-29-8-2-9-30-71)61-92(113)74-35-14-5-15-36-74/h2-70H. The maximum absolute atomic E-state index is 8.33. The van der Waals surface area contributed by atoms with Gasteiger partial charge in [0.05, 0.1) is 62.1 Å². The van der Waals surface area contributed by atoms with E-state index < -0.39 is 0 Å². The van der Waals surface area contributed by atoms with Gasteiger partial charge in [0.1, 0.15) is 0 Å². The summed E-state index contributed by atoms with van der Waals surface area (Å²) in [4.78, 5) is 9.44. The molecule has 0 fully saturated rings. The van der Waals surface area contributed by atoms with Crippen molar-refractivity contribution in [1.82, 2.24) is 13.4 Å². The first-order valence-electron chi connectivity index (χ1n) is 42.0. The van der Waals surface area contributed by atoms with Gasteiger partial charge in [-0.25, -0.2) is 4.85 Å². The predicted octanol–water partition coefficient (Wildman–Crippen LogP) is 29.1. The van der Waals surface area contributed by atoms with Crippen molar-refractivity contribution in [2.45, 2.75) is 0 Å². The topological polar surface area (TPSA) is 24.6 Å².